The van der Waals surface area contributed by atoms with Crippen LogP contribution in [0.15, 0.2) is 24.3 Å². The number of hydrogen-bond acceptors (Lipinski definition) is 4. The minimum Gasteiger partial charge on any atom is -0.497 e. The molecule has 1 saturated heterocycles. The molecule has 0 radical (unpaired) electrons. The van der Waals surface area contributed by atoms with Gasteiger partial charge in [0.2, 0.25) is 0 Å². The summed E-state index contributed by atoms with van der Waals surface area (Å²) in [6, 6.07) is 6.84. The molecule has 0 N–H and O–H groups in total. The average molecular weight is 208 g/mol. The summed E-state index contributed by atoms with van der Waals surface area (Å²) in [5.74, 6) is 0.891. The third-order valence-electron chi connectivity index (χ3n) is 2.22. The molecular weight excluding hydrogens is 196 g/mol. The van der Waals surface area contributed by atoms with Crippen molar-refractivity contribution in [3.63, 3.8) is 0 Å². The van der Waals surface area contributed by atoms with Gasteiger partial charge in [0.05, 0.1) is 13.2 Å². The van der Waals surface area contributed by atoms with Crippen molar-refractivity contribution in [2.75, 3.05) is 7.11 Å². The first-order valence-electron chi connectivity index (χ1n) is 4.72. The van der Waals surface area contributed by atoms with Crippen LogP contribution in [0.5, 0.6) is 11.5 Å². The van der Waals surface area contributed by atoms with E-state index in [0.717, 1.165) is 5.75 Å². The van der Waals surface area contributed by atoms with Crippen LogP contribution in [0.2, 0.25) is 0 Å². The standard InChI is InChI=1S/C11H12O4/c1-7-10(14-7)11(12)15-9-5-3-8(13-2)4-6-9/h3-7,10H,1-2H3/t7-,10+/m1/s1. The van der Waals surface area contributed by atoms with Crippen molar-refractivity contribution >= 4 is 5.97 Å². The van der Waals surface area contributed by atoms with E-state index in [1.54, 1.807) is 31.4 Å². The molecule has 0 bridgehead atoms. The van der Waals surface area contributed by atoms with Crippen LogP contribution in [-0.4, -0.2) is 25.3 Å². The van der Waals surface area contributed by atoms with Crippen molar-refractivity contribution in [2.24, 2.45) is 0 Å². The van der Waals surface area contributed by atoms with Crippen LogP contribution >= 0.6 is 0 Å². The summed E-state index contributed by atoms with van der Waals surface area (Å²) in [7, 11) is 1.58. The van der Waals surface area contributed by atoms with Crippen LogP contribution in [-0.2, 0) is 9.53 Å². The van der Waals surface area contributed by atoms with E-state index in [4.69, 9.17) is 14.2 Å². The van der Waals surface area contributed by atoms with Gasteiger partial charge in [-0.25, -0.2) is 4.79 Å². The number of benzene rings is 1. The second kappa shape index (κ2) is 3.90. The van der Waals surface area contributed by atoms with E-state index in [1.165, 1.54) is 0 Å². The lowest BCUT2D eigenvalue weighted by Crippen LogP contribution is -2.16. The molecule has 1 aromatic carbocycles. The first-order valence-corrected chi connectivity index (χ1v) is 4.72. The molecule has 80 valence electrons. The SMILES string of the molecule is COc1ccc(OC(=O)[C@H]2O[C@@H]2C)cc1. The van der Waals surface area contributed by atoms with Gasteiger partial charge in [-0.2, -0.15) is 0 Å². The molecule has 0 amide bonds. The topological polar surface area (TPSA) is 48.1 Å². The van der Waals surface area contributed by atoms with Crippen LogP contribution in [0.3, 0.4) is 0 Å². The summed E-state index contributed by atoms with van der Waals surface area (Å²) in [6.07, 6.45) is -0.414. The van der Waals surface area contributed by atoms with Gasteiger partial charge < -0.3 is 14.2 Å². The van der Waals surface area contributed by atoms with Gasteiger partial charge in [0.15, 0.2) is 6.10 Å². The Hall–Kier alpha value is -1.55. The average Bonchev–Trinajstić information content (AvgIpc) is 2.97. The molecule has 1 aliphatic heterocycles. The number of epoxide rings is 1. The molecule has 1 aliphatic rings. The molecule has 2 atom stereocenters. The molecule has 0 aliphatic carbocycles. The highest BCUT2D eigenvalue weighted by molar-refractivity contribution is 5.80. The Bertz CT molecular complexity index is 357. The molecule has 2 rings (SSSR count). The maximum absolute atomic E-state index is 11.4. The molecule has 0 saturated carbocycles. The maximum atomic E-state index is 11.4. The minimum atomic E-state index is -0.396. The number of esters is 1. The zero-order chi connectivity index (χ0) is 10.8. The first-order chi connectivity index (χ1) is 7.20. The zero-order valence-electron chi connectivity index (χ0n) is 8.60. The van der Waals surface area contributed by atoms with Crippen molar-refractivity contribution in [1.29, 1.82) is 0 Å². The summed E-state index contributed by atoms with van der Waals surface area (Å²) in [5.41, 5.74) is 0. The third-order valence-corrected chi connectivity index (χ3v) is 2.22. The number of carbonyl (C=O) groups excluding carboxylic acids is 1. The maximum Gasteiger partial charge on any atom is 0.343 e. The van der Waals surface area contributed by atoms with Gasteiger partial charge in [-0.05, 0) is 31.2 Å². The summed E-state index contributed by atoms with van der Waals surface area (Å²) in [4.78, 5) is 11.4. The second-order valence-corrected chi connectivity index (χ2v) is 3.36. The second-order valence-electron chi connectivity index (χ2n) is 3.36. The molecule has 0 spiro atoms. The minimum absolute atomic E-state index is 0.0178. The fourth-order valence-corrected chi connectivity index (χ4v) is 1.25. The summed E-state index contributed by atoms with van der Waals surface area (Å²) in [5, 5.41) is 0. The predicted octanol–water partition coefficient (Wildman–Crippen LogP) is 1.39. The molecule has 4 nitrogen and oxygen atoms in total. The molecule has 15 heavy (non-hydrogen) atoms. The Kier molecular flexibility index (Phi) is 2.60. The van der Waals surface area contributed by atoms with Crippen LogP contribution in [0.4, 0.5) is 0 Å². The quantitative estimate of drug-likeness (QED) is 0.428. The summed E-state index contributed by atoms with van der Waals surface area (Å²) >= 11 is 0. The number of rotatable bonds is 3. The largest absolute Gasteiger partial charge is 0.497 e. The lowest BCUT2D eigenvalue weighted by Gasteiger charge is -2.03. The van der Waals surface area contributed by atoms with Crippen molar-refractivity contribution in [3.8, 4) is 11.5 Å². The molecular formula is C11H12O4. The van der Waals surface area contributed by atoms with Crippen LogP contribution < -0.4 is 9.47 Å². The van der Waals surface area contributed by atoms with Crippen molar-refractivity contribution in [3.05, 3.63) is 24.3 Å². The molecule has 4 heteroatoms. The van der Waals surface area contributed by atoms with E-state index in [1.807, 2.05) is 6.92 Å². The monoisotopic (exact) mass is 208 g/mol. The fourth-order valence-electron chi connectivity index (χ4n) is 1.25. The Labute approximate surface area is 87.8 Å². The lowest BCUT2D eigenvalue weighted by molar-refractivity contribution is -0.135. The smallest absolute Gasteiger partial charge is 0.343 e. The van der Waals surface area contributed by atoms with Gasteiger partial charge in [-0.3, -0.25) is 0 Å². The highest BCUT2D eigenvalue weighted by atomic mass is 16.6. The molecule has 0 aromatic heterocycles. The number of carbonyl (C=O) groups is 1. The van der Waals surface area contributed by atoms with E-state index < -0.39 is 6.10 Å². The predicted molar refractivity (Wildman–Crippen MR) is 53.0 cm³/mol. The summed E-state index contributed by atoms with van der Waals surface area (Å²) in [6.45, 7) is 1.83. The van der Waals surface area contributed by atoms with E-state index >= 15 is 0 Å². The number of hydrogen-bond donors (Lipinski definition) is 0. The van der Waals surface area contributed by atoms with Crippen LogP contribution in [0.1, 0.15) is 6.92 Å². The van der Waals surface area contributed by atoms with Gasteiger partial charge in [0.25, 0.3) is 0 Å². The van der Waals surface area contributed by atoms with E-state index in [-0.39, 0.29) is 12.1 Å². The number of methoxy groups -OCH3 is 1. The van der Waals surface area contributed by atoms with Gasteiger partial charge in [0, 0.05) is 0 Å². The van der Waals surface area contributed by atoms with Crippen LogP contribution in [0, 0.1) is 0 Å². The Morgan fingerprint density at radius 2 is 1.80 bits per heavy atom. The Morgan fingerprint density at radius 1 is 1.27 bits per heavy atom. The Morgan fingerprint density at radius 3 is 2.27 bits per heavy atom. The van der Waals surface area contributed by atoms with Gasteiger partial charge >= 0.3 is 5.97 Å². The highest BCUT2D eigenvalue weighted by Crippen LogP contribution is 2.24. The molecule has 1 fully saturated rings. The third kappa shape index (κ3) is 2.27. The zero-order valence-corrected chi connectivity index (χ0v) is 8.60. The van der Waals surface area contributed by atoms with E-state index in [0.29, 0.717) is 5.75 Å². The van der Waals surface area contributed by atoms with Crippen LogP contribution in [0.25, 0.3) is 0 Å². The van der Waals surface area contributed by atoms with Crippen molar-refractivity contribution in [1.82, 2.24) is 0 Å². The first kappa shape index (κ1) is 9.98. The molecule has 1 aromatic rings. The van der Waals surface area contributed by atoms with Gasteiger partial charge in [-0.1, -0.05) is 0 Å². The number of ether oxygens (including phenoxy) is 3. The van der Waals surface area contributed by atoms with Gasteiger partial charge in [-0.15, -0.1) is 0 Å². The van der Waals surface area contributed by atoms with E-state index in [2.05, 4.69) is 0 Å². The summed E-state index contributed by atoms with van der Waals surface area (Å²) < 4.78 is 15.1. The highest BCUT2D eigenvalue weighted by Gasteiger charge is 2.42. The van der Waals surface area contributed by atoms with Crippen molar-refractivity contribution in [2.45, 2.75) is 19.1 Å². The normalized spacial score (nSPS) is 23.3. The lowest BCUT2D eigenvalue weighted by atomic mass is 10.3. The molecule has 1 heterocycles. The van der Waals surface area contributed by atoms with Crippen molar-refractivity contribution < 1.29 is 19.0 Å². The fraction of sp³-hybridized carbons (Fsp3) is 0.364. The van der Waals surface area contributed by atoms with Gasteiger partial charge in [0.1, 0.15) is 11.5 Å². The molecule has 0 unspecified atom stereocenters. The Balaban J connectivity index is 1.95. The van der Waals surface area contributed by atoms with E-state index in [9.17, 15) is 4.79 Å².